The summed E-state index contributed by atoms with van der Waals surface area (Å²) in [5, 5.41) is 0.251. The molecule has 4 nitrogen and oxygen atoms in total. The van der Waals surface area contributed by atoms with Crippen molar-refractivity contribution in [3.8, 4) is 17.1 Å². The second-order valence-electron chi connectivity index (χ2n) is 3.91. The molecular weight excluding hydrogens is 295 g/mol. The Labute approximate surface area is 117 Å². The van der Waals surface area contributed by atoms with Gasteiger partial charge in [0.15, 0.2) is 6.10 Å². The second-order valence-corrected chi connectivity index (χ2v) is 4.30. The van der Waals surface area contributed by atoms with E-state index in [4.69, 9.17) is 16.3 Å². The number of hydrogen-bond acceptors (Lipinski definition) is 4. The minimum absolute atomic E-state index is 0.111. The van der Waals surface area contributed by atoms with Crippen LogP contribution < -0.4 is 4.74 Å². The number of aromatic nitrogens is 3. The Morgan fingerprint density at radius 3 is 2.35 bits per heavy atom. The molecule has 0 radical (unpaired) electrons. The molecule has 0 spiro atoms. The van der Waals surface area contributed by atoms with Crippen molar-refractivity contribution < 1.29 is 17.9 Å². The molecule has 2 heterocycles. The lowest BCUT2D eigenvalue weighted by molar-refractivity contribution is -0.189. The topological polar surface area (TPSA) is 47.9 Å². The summed E-state index contributed by atoms with van der Waals surface area (Å²) in [4.78, 5) is 11.7. The largest absolute Gasteiger partial charge is 0.465 e. The van der Waals surface area contributed by atoms with E-state index >= 15 is 0 Å². The molecule has 1 unspecified atom stereocenters. The van der Waals surface area contributed by atoms with E-state index in [-0.39, 0.29) is 11.0 Å². The number of hydrogen-bond donors (Lipinski definition) is 0. The highest BCUT2D eigenvalue weighted by Gasteiger charge is 2.38. The van der Waals surface area contributed by atoms with Crippen LogP contribution in [0.25, 0.3) is 11.3 Å². The van der Waals surface area contributed by atoms with Crippen LogP contribution in [0.5, 0.6) is 5.88 Å². The number of rotatable bonds is 3. The Morgan fingerprint density at radius 1 is 1.10 bits per heavy atom. The van der Waals surface area contributed by atoms with Crippen LogP contribution in [0.1, 0.15) is 6.92 Å². The first-order valence-electron chi connectivity index (χ1n) is 5.53. The van der Waals surface area contributed by atoms with Gasteiger partial charge in [0.1, 0.15) is 5.15 Å². The quantitative estimate of drug-likeness (QED) is 0.870. The Kier molecular flexibility index (Phi) is 4.08. The van der Waals surface area contributed by atoms with Gasteiger partial charge in [0, 0.05) is 17.8 Å². The molecule has 0 amide bonds. The van der Waals surface area contributed by atoms with Gasteiger partial charge in [0.2, 0.25) is 5.88 Å². The lowest BCUT2D eigenvalue weighted by Crippen LogP contribution is -2.31. The van der Waals surface area contributed by atoms with Crippen molar-refractivity contribution in [2.45, 2.75) is 19.2 Å². The molecule has 2 aromatic rings. The third-order valence-corrected chi connectivity index (χ3v) is 2.61. The maximum atomic E-state index is 12.3. The first-order valence-corrected chi connectivity index (χ1v) is 5.91. The standard InChI is InChI=1S/C12H9ClF3N3O/c1-7(12(14,15)16)20-11-3-2-8(4-19-11)9-5-18-10(13)6-17-9/h2-7H,1H3. The summed E-state index contributed by atoms with van der Waals surface area (Å²) in [6.45, 7) is 0.917. The van der Waals surface area contributed by atoms with Crippen molar-refractivity contribution in [1.29, 1.82) is 0 Å². The summed E-state index contributed by atoms with van der Waals surface area (Å²) in [7, 11) is 0. The first kappa shape index (κ1) is 14.5. The van der Waals surface area contributed by atoms with Gasteiger partial charge in [-0.2, -0.15) is 13.2 Å². The lowest BCUT2D eigenvalue weighted by atomic mass is 10.2. The Morgan fingerprint density at radius 2 is 1.85 bits per heavy atom. The van der Waals surface area contributed by atoms with E-state index in [1.807, 2.05) is 0 Å². The molecule has 0 aliphatic heterocycles. The van der Waals surface area contributed by atoms with Crippen LogP contribution in [-0.4, -0.2) is 27.2 Å². The van der Waals surface area contributed by atoms with E-state index in [2.05, 4.69) is 15.0 Å². The van der Waals surface area contributed by atoms with Gasteiger partial charge < -0.3 is 4.74 Å². The number of alkyl halides is 3. The van der Waals surface area contributed by atoms with E-state index < -0.39 is 12.3 Å². The number of halogens is 4. The van der Waals surface area contributed by atoms with Crippen LogP contribution in [-0.2, 0) is 0 Å². The smallest absolute Gasteiger partial charge is 0.425 e. The SMILES string of the molecule is CC(Oc1ccc(-c2cnc(Cl)cn2)cn1)C(F)(F)F. The van der Waals surface area contributed by atoms with Crippen LogP contribution in [0.15, 0.2) is 30.7 Å². The van der Waals surface area contributed by atoms with Crippen LogP contribution in [0.4, 0.5) is 13.2 Å². The van der Waals surface area contributed by atoms with Gasteiger partial charge in [0.05, 0.1) is 18.1 Å². The van der Waals surface area contributed by atoms with E-state index in [9.17, 15) is 13.2 Å². The molecule has 8 heteroatoms. The molecule has 0 aromatic carbocycles. The molecular formula is C12H9ClF3N3O. The predicted octanol–water partition coefficient (Wildman–Crippen LogP) is 3.52. The summed E-state index contributed by atoms with van der Waals surface area (Å²) >= 11 is 5.61. The van der Waals surface area contributed by atoms with E-state index in [0.717, 1.165) is 6.92 Å². The second kappa shape index (κ2) is 5.62. The van der Waals surface area contributed by atoms with Crippen molar-refractivity contribution in [1.82, 2.24) is 15.0 Å². The molecule has 2 rings (SSSR count). The molecule has 0 fully saturated rings. The fourth-order valence-electron chi connectivity index (χ4n) is 1.31. The summed E-state index contributed by atoms with van der Waals surface area (Å²) in [5.74, 6) is -0.111. The molecule has 0 saturated carbocycles. The highest BCUT2D eigenvalue weighted by atomic mass is 35.5. The number of ether oxygens (including phenoxy) is 1. The molecule has 0 saturated heterocycles. The van der Waals surface area contributed by atoms with Gasteiger partial charge in [-0.3, -0.25) is 4.98 Å². The average molecular weight is 304 g/mol. The van der Waals surface area contributed by atoms with Gasteiger partial charge >= 0.3 is 6.18 Å². The molecule has 0 N–H and O–H groups in total. The molecule has 1 atom stereocenters. The lowest BCUT2D eigenvalue weighted by Gasteiger charge is -2.16. The highest BCUT2D eigenvalue weighted by Crippen LogP contribution is 2.25. The number of pyridine rings is 1. The molecule has 106 valence electrons. The normalized spacial score (nSPS) is 13.1. The molecule has 0 aliphatic carbocycles. The summed E-state index contributed by atoms with van der Waals surface area (Å²) in [6, 6.07) is 2.89. The van der Waals surface area contributed by atoms with Crippen LogP contribution in [0.3, 0.4) is 0 Å². The van der Waals surface area contributed by atoms with Crippen molar-refractivity contribution in [2.75, 3.05) is 0 Å². The molecule has 2 aromatic heterocycles. The predicted molar refractivity (Wildman–Crippen MR) is 66.4 cm³/mol. The van der Waals surface area contributed by atoms with Gasteiger partial charge in [-0.1, -0.05) is 11.6 Å². The zero-order valence-electron chi connectivity index (χ0n) is 10.2. The maximum absolute atomic E-state index is 12.3. The van der Waals surface area contributed by atoms with Gasteiger partial charge in [-0.25, -0.2) is 9.97 Å². The van der Waals surface area contributed by atoms with Crippen molar-refractivity contribution in [3.63, 3.8) is 0 Å². The minimum atomic E-state index is -4.43. The zero-order valence-corrected chi connectivity index (χ0v) is 11.0. The molecule has 0 aliphatic rings. The third-order valence-electron chi connectivity index (χ3n) is 2.41. The fourth-order valence-corrected chi connectivity index (χ4v) is 1.41. The Balaban J connectivity index is 2.12. The van der Waals surface area contributed by atoms with Gasteiger partial charge in [-0.05, 0) is 13.0 Å². The van der Waals surface area contributed by atoms with Crippen LogP contribution >= 0.6 is 11.6 Å². The maximum Gasteiger partial charge on any atom is 0.425 e. The zero-order chi connectivity index (χ0) is 14.8. The minimum Gasteiger partial charge on any atom is -0.465 e. The van der Waals surface area contributed by atoms with Gasteiger partial charge in [0.25, 0.3) is 0 Å². The summed E-state index contributed by atoms with van der Waals surface area (Å²) in [6.07, 6.45) is -2.18. The Bertz CT molecular complexity index is 572. The van der Waals surface area contributed by atoms with E-state index in [1.165, 1.54) is 24.7 Å². The van der Waals surface area contributed by atoms with Crippen molar-refractivity contribution >= 4 is 11.6 Å². The van der Waals surface area contributed by atoms with Gasteiger partial charge in [-0.15, -0.1) is 0 Å². The van der Waals surface area contributed by atoms with Crippen molar-refractivity contribution in [2.24, 2.45) is 0 Å². The number of nitrogens with zero attached hydrogens (tertiary/aromatic N) is 3. The summed E-state index contributed by atoms with van der Waals surface area (Å²) in [5.41, 5.74) is 1.11. The summed E-state index contributed by atoms with van der Waals surface area (Å²) < 4.78 is 41.7. The average Bonchev–Trinajstić information content (AvgIpc) is 2.39. The molecule has 20 heavy (non-hydrogen) atoms. The van der Waals surface area contributed by atoms with E-state index in [1.54, 1.807) is 6.07 Å². The monoisotopic (exact) mass is 303 g/mol. The molecule has 0 bridgehead atoms. The first-order chi connectivity index (χ1) is 9.36. The van der Waals surface area contributed by atoms with Crippen molar-refractivity contribution in [3.05, 3.63) is 35.9 Å². The van der Waals surface area contributed by atoms with Crippen LogP contribution in [0.2, 0.25) is 5.15 Å². The highest BCUT2D eigenvalue weighted by molar-refractivity contribution is 6.29. The van der Waals surface area contributed by atoms with E-state index in [0.29, 0.717) is 11.3 Å². The third kappa shape index (κ3) is 3.57. The fraction of sp³-hybridized carbons (Fsp3) is 0.250. The Hall–Kier alpha value is -1.89. The van der Waals surface area contributed by atoms with Crippen LogP contribution in [0, 0.1) is 0 Å².